The number of aromatic nitrogens is 4. The largest absolute Gasteiger partial charge is 0.467 e. The molecule has 5 rings (SSSR count). The molecule has 0 aliphatic carbocycles. The van der Waals surface area contributed by atoms with Crippen molar-refractivity contribution in [2.75, 3.05) is 13.2 Å². The molecule has 7 heteroatoms. The molecule has 0 bridgehead atoms. The Balaban J connectivity index is 1.32. The van der Waals surface area contributed by atoms with Crippen LogP contribution in [-0.2, 0) is 17.8 Å². The van der Waals surface area contributed by atoms with Crippen molar-refractivity contribution in [1.29, 1.82) is 0 Å². The number of rotatable bonds is 4. The topological polar surface area (TPSA) is 73.1 Å². The first kappa shape index (κ1) is 17.4. The number of ether oxygens (including phenoxy) is 1. The second-order valence-corrected chi connectivity index (χ2v) is 6.93. The number of benzene rings is 2. The highest BCUT2D eigenvalue weighted by Crippen LogP contribution is 2.24. The molecule has 2 aromatic carbocycles. The highest BCUT2D eigenvalue weighted by Gasteiger charge is 2.21. The van der Waals surface area contributed by atoms with E-state index >= 15 is 0 Å². The van der Waals surface area contributed by atoms with E-state index in [0.29, 0.717) is 30.0 Å². The van der Waals surface area contributed by atoms with E-state index in [1.165, 1.54) is 17.5 Å². The Morgan fingerprint density at radius 3 is 2.66 bits per heavy atom. The van der Waals surface area contributed by atoms with Gasteiger partial charge >= 0.3 is 0 Å². The summed E-state index contributed by atoms with van der Waals surface area (Å²) in [7, 11) is 0. The van der Waals surface area contributed by atoms with Crippen LogP contribution in [0.3, 0.4) is 0 Å². The summed E-state index contributed by atoms with van der Waals surface area (Å²) in [4.78, 5) is 23.1. The van der Waals surface area contributed by atoms with Gasteiger partial charge in [0.1, 0.15) is 11.7 Å². The fourth-order valence-electron chi connectivity index (χ4n) is 3.63. The van der Waals surface area contributed by atoms with Gasteiger partial charge in [-0.25, -0.2) is 14.6 Å². The van der Waals surface area contributed by atoms with E-state index in [1.807, 2.05) is 47.4 Å². The first-order valence-corrected chi connectivity index (χ1v) is 9.51. The van der Waals surface area contributed by atoms with Crippen molar-refractivity contribution in [3.63, 3.8) is 0 Å². The third-order valence-corrected chi connectivity index (χ3v) is 5.15. The molecule has 2 aromatic heterocycles. The number of carbonyl (C=O) groups is 1. The zero-order valence-electron chi connectivity index (χ0n) is 15.7. The summed E-state index contributed by atoms with van der Waals surface area (Å²) >= 11 is 0. The van der Waals surface area contributed by atoms with Gasteiger partial charge in [-0.3, -0.25) is 4.79 Å². The molecule has 0 spiro atoms. The average Bonchev–Trinajstić information content (AvgIpc) is 3.22. The summed E-state index contributed by atoms with van der Waals surface area (Å²) in [6.07, 6.45) is 3.96. The lowest BCUT2D eigenvalue weighted by atomic mass is 10.00. The van der Waals surface area contributed by atoms with Crippen molar-refractivity contribution in [3.05, 3.63) is 78.2 Å². The van der Waals surface area contributed by atoms with Crippen LogP contribution in [0.2, 0.25) is 0 Å². The van der Waals surface area contributed by atoms with Crippen LogP contribution in [0.25, 0.3) is 16.7 Å². The first-order chi connectivity index (χ1) is 14.3. The Hall–Kier alpha value is -3.74. The predicted molar refractivity (Wildman–Crippen MR) is 108 cm³/mol. The number of hydrogen-bond acceptors (Lipinski definition) is 5. The van der Waals surface area contributed by atoms with Crippen LogP contribution in [0.4, 0.5) is 0 Å². The molecular weight excluding hydrogens is 366 g/mol. The minimum atomic E-state index is -0.0647. The van der Waals surface area contributed by atoms with Gasteiger partial charge in [0.15, 0.2) is 12.3 Å². The van der Waals surface area contributed by atoms with Gasteiger partial charge < -0.3 is 9.64 Å². The number of amides is 1. The minimum Gasteiger partial charge on any atom is -0.467 e. The molecule has 0 unspecified atom stereocenters. The van der Waals surface area contributed by atoms with Crippen molar-refractivity contribution in [2.45, 2.75) is 13.0 Å². The van der Waals surface area contributed by atoms with E-state index in [4.69, 9.17) is 4.74 Å². The molecule has 3 heterocycles. The van der Waals surface area contributed by atoms with Gasteiger partial charge in [0.2, 0.25) is 5.88 Å². The van der Waals surface area contributed by atoms with Crippen LogP contribution in [0.5, 0.6) is 5.88 Å². The molecule has 0 fully saturated rings. The molecule has 0 saturated carbocycles. The monoisotopic (exact) mass is 385 g/mol. The summed E-state index contributed by atoms with van der Waals surface area (Å²) in [5.41, 5.74) is 4.04. The molecular formula is C22H19N5O2. The fraction of sp³-hybridized carbons (Fsp3) is 0.182. The van der Waals surface area contributed by atoms with E-state index in [-0.39, 0.29) is 12.5 Å². The maximum absolute atomic E-state index is 12.7. The smallest absolute Gasteiger partial charge is 0.260 e. The zero-order chi connectivity index (χ0) is 19.6. The molecule has 0 radical (unpaired) electrons. The molecule has 0 saturated heterocycles. The van der Waals surface area contributed by atoms with Crippen LogP contribution < -0.4 is 4.74 Å². The zero-order valence-corrected chi connectivity index (χ0v) is 15.7. The Bertz CT molecular complexity index is 1170. The van der Waals surface area contributed by atoms with Crippen LogP contribution in [0, 0.1) is 0 Å². The van der Waals surface area contributed by atoms with E-state index < -0.39 is 0 Å². The molecule has 1 amide bonds. The molecule has 144 valence electrons. The highest BCUT2D eigenvalue weighted by molar-refractivity contribution is 5.82. The van der Waals surface area contributed by atoms with Gasteiger partial charge in [-0.05, 0) is 29.7 Å². The summed E-state index contributed by atoms with van der Waals surface area (Å²) in [5.74, 6) is 0.310. The molecule has 1 aliphatic heterocycles. The van der Waals surface area contributed by atoms with E-state index in [2.05, 4.69) is 27.2 Å². The van der Waals surface area contributed by atoms with Gasteiger partial charge in [-0.1, -0.05) is 42.5 Å². The molecule has 29 heavy (non-hydrogen) atoms. The van der Waals surface area contributed by atoms with Gasteiger partial charge in [-0.2, -0.15) is 5.10 Å². The quantitative estimate of drug-likeness (QED) is 0.540. The normalized spacial score (nSPS) is 13.3. The number of para-hydroxylation sites is 1. The van der Waals surface area contributed by atoms with Crippen LogP contribution >= 0.6 is 0 Å². The number of nitrogens with zero attached hydrogens (tertiary/aromatic N) is 5. The third kappa shape index (κ3) is 3.31. The van der Waals surface area contributed by atoms with Gasteiger partial charge in [0.05, 0.1) is 11.9 Å². The van der Waals surface area contributed by atoms with E-state index in [9.17, 15) is 4.79 Å². The van der Waals surface area contributed by atoms with Crippen LogP contribution in [0.15, 0.2) is 67.1 Å². The Morgan fingerprint density at radius 2 is 1.79 bits per heavy atom. The van der Waals surface area contributed by atoms with Gasteiger partial charge in [0, 0.05) is 13.1 Å². The number of fused-ring (bicyclic) bond motifs is 2. The standard InChI is InChI=1S/C22H19N5O2/c28-20(26-11-10-16-6-4-5-7-17(16)13-26)14-29-22-19-12-25-27(21(19)23-15-24-22)18-8-2-1-3-9-18/h1-9,12,15H,10-11,13-14H2. The summed E-state index contributed by atoms with van der Waals surface area (Å²) in [5, 5.41) is 5.08. The summed E-state index contributed by atoms with van der Waals surface area (Å²) < 4.78 is 7.51. The van der Waals surface area contributed by atoms with Gasteiger partial charge in [0.25, 0.3) is 5.91 Å². The highest BCUT2D eigenvalue weighted by atomic mass is 16.5. The lowest BCUT2D eigenvalue weighted by Gasteiger charge is -2.28. The molecule has 7 nitrogen and oxygen atoms in total. The first-order valence-electron chi connectivity index (χ1n) is 9.51. The van der Waals surface area contributed by atoms with E-state index in [0.717, 1.165) is 12.1 Å². The van der Waals surface area contributed by atoms with E-state index in [1.54, 1.807) is 10.9 Å². The van der Waals surface area contributed by atoms with Crippen molar-refractivity contribution in [1.82, 2.24) is 24.6 Å². The maximum Gasteiger partial charge on any atom is 0.260 e. The molecule has 0 N–H and O–H groups in total. The minimum absolute atomic E-state index is 0.0540. The van der Waals surface area contributed by atoms with Crippen LogP contribution in [0.1, 0.15) is 11.1 Å². The third-order valence-electron chi connectivity index (χ3n) is 5.15. The molecule has 4 aromatic rings. The average molecular weight is 385 g/mol. The second-order valence-electron chi connectivity index (χ2n) is 6.93. The second kappa shape index (κ2) is 7.35. The SMILES string of the molecule is O=C(COc1ncnc2c1cnn2-c1ccccc1)N1CCc2ccccc2C1. The lowest BCUT2D eigenvalue weighted by molar-refractivity contribution is -0.134. The number of hydrogen-bond donors (Lipinski definition) is 0. The predicted octanol–water partition coefficient (Wildman–Crippen LogP) is 2.78. The molecule has 0 atom stereocenters. The van der Waals surface area contributed by atoms with Crippen molar-refractivity contribution < 1.29 is 9.53 Å². The fourth-order valence-corrected chi connectivity index (χ4v) is 3.63. The van der Waals surface area contributed by atoms with Gasteiger partial charge in [-0.15, -0.1) is 0 Å². The summed E-state index contributed by atoms with van der Waals surface area (Å²) in [6, 6.07) is 18.0. The van der Waals surface area contributed by atoms with Crippen molar-refractivity contribution in [3.8, 4) is 11.6 Å². The lowest BCUT2D eigenvalue weighted by Crippen LogP contribution is -2.38. The number of carbonyl (C=O) groups excluding carboxylic acids is 1. The molecule has 1 aliphatic rings. The van der Waals surface area contributed by atoms with Crippen molar-refractivity contribution >= 4 is 16.9 Å². The van der Waals surface area contributed by atoms with Crippen LogP contribution in [-0.4, -0.2) is 43.7 Å². The Labute approximate surface area is 167 Å². The summed E-state index contributed by atoms with van der Waals surface area (Å²) in [6.45, 7) is 1.25. The Kier molecular flexibility index (Phi) is 4.40. The van der Waals surface area contributed by atoms with Crippen molar-refractivity contribution in [2.24, 2.45) is 0 Å². The Morgan fingerprint density at radius 1 is 1.00 bits per heavy atom. The maximum atomic E-state index is 12.7.